The molecule has 0 saturated carbocycles. The number of hydrogen-bond donors (Lipinski definition) is 3. The maximum absolute atomic E-state index is 12.0. The van der Waals surface area contributed by atoms with Crippen LogP contribution in [0.2, 0.25) is 0 Å². The number of H-pyrrole nitrogens is 1. The Kier molecular flexibility index (Phi) is 4.92. The summed E-state index contributed by atoms with van der Waals surface area (Å²) in [5, 5.41) is 8.33. The molecule has 0 spiro atoms. The molecule has 0 atom stereocenters. The van der Waals surface area contributed by atoms with E-state index in [0.29, 0.717) is 5.69 Å². The Labute approximate surface area is 133 Å². The summed E-state index contributed by atoms with van der Waals surface area (Å²) in [7, 11) is -3.58. The lowest BCUT2D eigenvalue weighted by Gasteiger charge is -2.10. The molecule has 0 fully saturated rings. The van der Waals surface area contributed by atoms with Crippen molar-refractivity contribution in [2.45, 2.75) is 24.8 Å². The summed E-state index contributed by atoms with van der Waals surface area (Å²) in [4.78, 5) is 22.9. The molecule has 0 aliphatic carbocycles. The fraction of sp³-hybridized carbons (Fsp3) is 0.214. The van der Waals surface area contributed by atoms with Crippen LogP contribution in [0.1, 0.15) is 24.3 Å². The average Bonchev–Trinajstić information content (AvgIpc) is 2.47. The fourth-order valence-corrected chi connectivity index (χ4v) is 3.01. The van der Waals surface area contributed by atoms with Gasteiger partial charge in [-0.1, -0.05) is 0 Å². The molecule has 1 amide bonds. The lowest BCUT2D eigenvalue weighted by molar-refractivity contribution is 0.102. The summed E-state index contributed by atoms with van der Waals surface area (Å²) in [6, 6.07) is 7.98. The van der Waals surface area contributed by atoms with E-state index in [-0.39, 0.29) is 16.6 Å². The number of anilines is 1. The largest absolute Gasteiger partial charge is 0.321 e. The predicted molar refractivity (Wildman–Crippen MR) is 84.7 cm³/mol. The lowest BCUT2D eigenvalue weighted by Crippen LogP contribution is -2.30. The molecule has 0 saturated heterocycles. The van der Waals surface area contributed by atoms with E-state index < -0.39 is 21.5 Å². The number of carbonyl (C=O) groups is 1. The van der Waals surface area contributed by atoms with E-state index >= 15 is 0 Å². The first kappa shape index (κ1) is 16.8. The summed E-state index contributed by atoms with van der Waals surface area (Å²) in [5.41, 5.74) is 0.0445. The molecule has 122 valence electrons. The molecule has 3 N–H and O–H groups in total. The molecule has 2 rings (SSSR count). The molecule has 0 radical (unpaired) electrons. The van der Waals surface area contributed by atoms with Gasteiger partial charge in [-0.3, -0.25) is 9.59 Å². The third-order valence-corrected chi connectivity index (χ3v) is 4.40. The molecule has 8 nitrogen and oxygen atoms in total. The van der Waals surface area contributed by atoms with Crippen molar-refractivity contribution in [1.29, 1.82) is 0 Å². The van der Waals surface area contributed by atoms with Gasteiger partial charge in [-0.2, -0.15) is 5.10 Å². The first-order valence-electron chi connectivity index (χ1n) is 6.77. The van der Waals surface area contributed by atoms with E-state index in [1.807, 2.05) is 0 Å². The zero-order valence-corrected chi connectivity index (χ0v) is 13.3. The van der Waals surface area contributed by atoms with Crippen molar-refractivity contribution in [2.75, 3.05) is 5.32 Å². The Morgan fingerprint density at radius 1 is 1.13 bits per heavy atom. The van der Waals surface area contributed by atoms with Crippen molar-refractivity contribution in [3.63, 3.8) is 0 Å². The van der Waals surface area contributed by atoms with Gasteiger partial charge in [-0.05, 0) is 44.2 Å². The second-order valence-electron chi connectivity index (χ2n) is 5.06. The van der Waals surface area contributed by atoms with Crippen LogP contribution in [0, 0.1) is 0 Å². The Morgan fingerprint density at radius 2 is 1.78 bits per heavy atom. The van der Waals surface area contributed by atoms with Gasteiger partial charge in [0.1, 0.15) is 5.69 Å². The summed E-state index contributed by atoms with van der Waals surface area (Å²) >= 11 is 0. The Balaban J connectivity index is 2.12. The highest BCUT2D eigenvalue weighted by molar-refractivity contribution is 7.89. The van der Waals surface area contributed by atoms with Gasteiger partial charge >= 0.3 is 0 Å². The molecular weight excluding hydrogens is 320 g/mol. The average molecular weight is 336 g/mol. The maximum atomic E-state index is 12.0. The van der Waals surface area contributed by atoms with Crippen LogP contribution in [0.25, 0.3) is 0 Å². The maximum Gasteiger partial charge on any atom is 0.276 e. The molecule has 2 aromatic rings. The molecule has 0 aliphatic rings. The van der Waals surface area contributed by atoms with Gasteiger partial charge in [0, 0.05) is 17.8 Å². The van der Waals surface area contributed by atoms with Crippen molar-refractivity contribution < 1.29 is 13.2 Å². The Bertz CT molecular complexity index is 837. The van der Waals surface area contributed by atoms with Crippen LogP contribution in [0.15, 0.2) is 46.1 Å². The smallest absolute Gasteiger partial charge is 0.276 e. The highest BCUT2D eigenvalue weighted by atomic mass is 32.2. The number of benzene rings is 1. The van der Waals surface area contributed by atoms with Gasteiger partial charge in [0.25, 0.3) is 11.5 Å². The number of nitrogens with zero attached hydrogens (tertiary/aromatic N) is 1. The van der Waals surface area contributed by atoms with Crippen molar-refractivity contribution >= 4 is 21.6 Å². The minimum absolute atomic E-state index is 0.0442. The van der Waals surface area contributed by atoms with E-state index in [2.05, 4.69) is 20.2 Å². The molecule has 0 aliphatic heterocycles. The third-order valence-electron chi connectivity index (χ3n) is 2.73. The van der Waals surface area contributed by atoms with Gasteiger partial charge in [0.2, 0.25) is 10.0 Å². The van der Waals surface area contributed by atoms with E-state index in [4.69, 9.17) is 0 Å². The molecule has 9 heteroatoms. The van der Waals surface area contributed by atoms with E-state index in [9.17, 15) is 18.0 Å². The number of hydrogen-bond acceptors (Lipinski definition) is 5. The van der Waals surface area contributed by atoms with Crippen LogP contribution >= 0.6 is 0 Å². The minimum Gasteiger partial charge on any atom is -0.321 e. The van der Waals surface area contributed by atoms with Crippen LogP contribution < -0.4 is 15.6 Å². The van der Waals surface area contributed by atoms with Crippen molar-refractivity contribution in [2.24, 2.45) is 0 Å². The summed E-state index contributed by atoms with van der Waals surface area (Å²) in [6.07, 6.45) is 0. The number of nitrogens with one attached hydrogen (secondary N) is 3. The first-order chi connectivity index (χ1) is 10.8. The molecule has 23 heavy (non-hydrogen) atoms. The number of aromatic nitrogens is 2. The summed E-state index contributed by atoms with van der Waals surface area (Å²) in [5.74, 6) is -0.517. The standard InChI is InChI=1S/C14H16N4O4S/c1-9(2)18-23(21,22)11-5-3-10(4-6-11)15-14(20)12-7-8-13(19)17-16-12/h3-9,18H,1-2H3,(H,15,20)(H,17,19). The second-order valence-corrected chi connectivity index (χ2v) is 6.77. The first-order valence-corrected chi connectivity index (χ1v) is 8.26. The van der Waals surface area contributed by atoms with Crippen LogP contribution in [0.4, 0.5) is 5.69 Å². The number of carbonyl (C=O) groups excluding carboxylic acids is 1. The zero-order chi connectivity index (χ0) is 17.0. The summed E-state index contributed by atoms with van der Waals surface area (Å²) < 4.78 is 26.4. The SMILES string of the molecule is CC(C)NS(=O)(=O)c1ccc(NC(=O)c2ccc(=O)[nH]n2)cc1. The second kappa shape index (κ2) is 6.71. The van der Waals surface area contributed by atoms with E-state index in [1.165, 1.54) is 36.4 Å². The normalized spacial score (nSPS) is 11.4. The lowest BCUT2D eigenvalue weighted by atomic mass is 10.3. The van der Waals surface area contributed by atoms with Crippen LogP contribution in [0.3, 0.4) is 0 Å². The number of amides is 1. The molecule has 1 heterocycles. The monoisotopic (exact) mass is 336 g/mol. The zero-order valence-electron chi connectivity index (χ0n) is 12.5. The number of sulfonamides is 1. The number of aromatic amines is 1. The van der Waals surface area contributed by atoms with Gasteiger partial charge in [-0.15, -0.1) is 0 Å². The van der Waals surface area contributed by atoms with Crippen LogP contribution in [0.5, 0.6) is 0 Å². The molecule has 1 aromatic carbocycles. The molecule has 0 unspecified atom stereocenters. The quantitative estimate of drug-likeness (QED) is 0.742. The highest BCUT2D eigenvalue weighted by Crippen LogP contribution is 2.15. The van der Waals surface area contributed by atoms with Gasteiger partial charge in [0.05, 0.1) is 4.90 Å². The van der Waals surface area contributed by atoms with Gasteiger partial charge < -0.3 is 5.32 Å². The minimum atomic E-state index is -3.58. The van der Waals surface area contributed by atoms with Crippen molar-refractivity contribution in [3.05, 3.63) is 52.4 Å². The van der Waals surface area contributed by atoms with Crippen LogP contribution in [-0.2, 0) is 10.0 Å². The predicted octanol–water partition coefficient (Wildman–Crippen LogP) is 0.709. The highest BCUT2D eigenvalue weighted by Gasteiger charge is 2.15. The number of rotatable bonds is 5. The Morgan fingerprint density at radius 3 is 2.30 bits per heavy atom. The van der Waals surface area contributed by atoms with E-state index in [1.54, 1.807) is 13.8 Å². The van der Waals surface area contributed by atoms with Crippen LogP contribution in [-0.4, -0.2) is 30.6 Å². The van der Waals surface area contributed by atoms with Crippen molar-refractivity contribution in [1.82, 2.24) is 14.9 Å². The third kappa shape index (κ3) is 4.47. The van der Waals surface area contributed by atoms with Gasteiger partial charge in [0.15, 0.2) is 0 Å². The van der Waals surface area contributed by atoms with Gasteiger partial charge in [-0.25, -0.2) is 18.2 Å². The molecule has 0 bridgehead atoms. The molecular formula is C14H16N4O4S. The molecule has 1 aromatic heterocycles. The fourth-order valence-electron chi connectivity index (χ4n) is 1.76. The topological polar surface area (TPSA) is 121 Å². The Hall–Kier alpha value is -2.52. The van der Waals surface area contributed by atoms with Crippen molar-refractivity contribution in [3.8, 4) is 0 Å². The summed E-state index contributed by atoms with van der Waals surface area (Å²) in [6.45, 7) is 3.45. The van der Waals surface area contributed by atoms with E-state index in [0.717, 1.165) is 0 Å².